The lowest BCUT2D eigenvalue weighted by molar-refractivity contribution is -0.112. The van der Waals surface area contributed by atoms with E-state index in [1.165, 1.54) is 5.56 Å². The van der Waals surface area contributed by atoms with Crippen LogP contribution in [0.1, 0.15) is 18.2 Å². The summed E-state index contributed by atoms with van der Waals surface area (Å²) in [4.78, 5) is 12.5. The van der Waals surface area contributed by atoms with Gasteiger partial charge in [0.25, 0.3) is 5.91 Å². The molecule has 1 amide bonds. The van der Waals surface area contributed by atoms with Crippen molar-refractivity contribution in [2.45, 2.75) is 13.3 Å². The normalized spacial score (nSPS) is 11.0. The van der Waals surface area contributed by atoms with Crippen molar-refractivity contribution in [1.82, 2.24) is 4.57 Å². The van der Waals surface area contributed by atoms with E-state index in [4.69, 9.17) is 4.74 Å². The van der Waals surface area contributed by atoms with E-state index in [0.717, 1.165) is 23.6 Å². The van der Waals surface area contributed by atoms with Crippen molar-refractivity contribution in [3.8, 4) is 17.5 Å². The maximum atomic E-state index is 12.5. The number of rotatable bonds is 6. The fraction of sp³-hybridized carbons (Fsp3) is 0.130. The molecule has 0 aliphatic rings. The number of methoxy groups -OCH3 is 1. The number of anilines is 1. The van der Waals surface area contributed by atoms with Crippen LogP contribution in [0.2, 0.25) is 0 Å². The lowest BCUT2D eigenvalue weighted by Gasteiger charge is -2.09. The molecule has 0 fully saturated rings. The molecule has 0 saturated carbocycles. The second-order valence-electron chi connectivity index (χ2n) is 6.18. The maximum absolute atomic E-state index is 12.5. The van der Waals surface area contributed by atoms with Gasteiger partial charge in [-0.2, -0.15) is 5.26 Å². The van der Waals surface area contributed by atoms with E-state index in [1.54, 1.807) is 13.2 Å². The number of amides is 1. The molecule has 0 saturated heterocycles. The summed E-state index contributed by atoms with van der Waals surface area (Å²) in [5.41, 5.74) is 3.52. The number of ether oxygens (including phenoxy) is 1. The second kappa shape index (κ2) is 8.74. The van der Waals surface area contributed by atoms with Crippen LogP contribution in [-0.2, 0) is 11.2 Å². The number of hydrogen-bond acceptors (Lipinski definition) is 3. The first-order chi connectivity index (χ1) is 13.6. The zero-order valence-corrected chi connectivity index (χ0v) is 15.8. The molecule has 0 aliphatic heterocycles. The standard InChI is InChI=1S/C23H21N3O2/c1-3-17-6-8-19(9-7-17)25-23(27)18(16-24)15-21-5-4-14-26(21)20-10-12-22(28-2)13-11-20/h4-15H,3H2,1-2H3,(H,25,27)/b18-15-. The number of benzene rings is 2. The van der Waals surface area contributed by atoms with Crippen LogP contribution in [0, 0.1) is 11.3 Å². The van der Waals surface area contributed by atoms with Crippen LogP contribution >= 0.6 is 0 Å². The van der Waals surface area contributed by atoms with Gasteiger partial charge in [0.2, 0.25) is 0 Å². The van der Waals surface area contributed by atoms with Gasteiger partial charge in [0.15, 0.2) is 0 Å². The number of nitriles is 1. The minimum absolute atomic E-state index is 0.0352. The van der Waals surface area contributed by atoms with Gasteiger partial charge in [-0.1, -0.05) is 19.1 Å². The largest absolute Gasteiger partial charge is 0.497 e. The van der Waals surface area contributed by atoms with Gasteiger partial charge in [0.05, 0.1) is 7.11 Å². The van der Waals surface area contributed by atoms with E-state index in [9.17, 15) is 10.1 Å². The number of nitrogens with one attached hydrogen (secondary N) is 1. The van der Waals surface area contributed by atoms with Crippen LogP contribution in [0.3, 0.4) is 0 Å². The summed E-state index contributed by atoms with van der Waals surface area (Å²) in [5.74, 6) is 0.327. The first-order valence-electron chi connectivity index (χ1n) is 8.98. The summed E-state index contributed by atoms with van der Waals surface area (Å²) in [7, 11) is 1.62. The third kappa shape index (κ3) is 4.30. The minimum Gasteiger partial charge on any atom is -0.497 e. The molecule has 0 bridgehead atoms. The van der Waals surface area contributed by atoms with Crippen molar-refractivity contribution in [1.29, 1.82) is 5.26 Å². The van der Waals surface area contributed by atoms with Crippen LogP contribution in [0.4, 0.5) is 5.69 Å². The molecule has 5 nitrogen and oxygen atoms in total. The Balaban J connectivity index is 1.83. The van der Waals surface area contributed by atoms with Gasteiger partial charge in [-0.3, -0.25) is 4.79 Å². The average molecular weight is 371 g/mol. The second-order valence-corrected chi connectivity index (χ2v) is 6.18. The zero-order chi connectivity index (χ0) is 19.9. The van der Waals surface area contributed by atoms with Crippen molar-refractivity contribution >= 4 is 17.7 Å². The van der Waals surface area contributed by atoms with Crippen LogP contribution < -0.4 is 10.1 Å². The van der Waals surface area contributed by atoms with Crippen molar-refractivity contribution < 1.29 is 9.53 Å². The molecular weight excluding hydrogens is 350 g/mol. The number of nitrogens with zero attached hydrogens (tertiary/aromatic N) is 2. The highest BCUT2D eigenvalue weighted by Gasteiger charge is 2.11. The number of carbonyl (C=O) groups is 1. The van der Waals surface area contributed by atoms with E-state index in [1.807, 2.05) is 77.5 Å². The number of carbonyl (C=O) groups excluding carboxylic acids is 1. The lowest BCUT2D eigenvalue weighted by Crippen LogP contribution is -2.13. The Morgan fingerprint density at radius 1 is 1.14 bits per heavy atom. The summed E-state index contributed by atoms with van der Waals surface area (Å²) in [5, 5.41) is 12.3. The summed E-state index contributed by atoms with van der Waals surface area (Å²) in [6.45, 7) is 2.07. The van der Waals surface area contributed by atoms with Crippen LogP contribution in [0.15, 0.2) is 72.4 Å². The smallest absolute Gasteiger partial charge is 0.266 e. The third-order valence-electron chi connectivity index (χ3n) is 4.41. The molecule has 1 aromatic heterocycles. The lowest BCUT2D eigenvalue weighted by atomic mass is 10.1. The predicted molar refractivity (Wildman–Crippen MR) is 110 cm³/mol. The monoisotopic (exact) mass is 371 g/mol. The van der Waals surface area contributed by atoms with E-state index >= 15 is 0 Å². The molecule has 28 heavy (non-hydrogen) atoms. The molecule has 3 rings (SSSR count). The van der Waals surface area contributed by atoms with Crippen LogP contribution in [0.25, 0.3) is 11.8 Å². The fourth-order valence-corrected chi connectivity index (χ4v) is 2.81. The summed E-state index contributed by atoms with van der Waals surface area (Å²) in [6, 6.07) is 20.9. The summed E-state index contributed by atoms with van der Waals surface area (Å²) in [6.07, 6.45) is 4.39. The van der Waals surface area contributed by atoms with Gasteiger partial charge < -0.3 is 14.6 Å². The highest BCUT2D eigenvalue weighted by molar-refractivity contribution is 6.09. The highest BCUT2D eigenvalue weighted by atomic mass is 16.5. The molecule has 1 heterocycles. The Hall–Kier alpha value is -3.78. The third-order valence-corrected chi connectivity index (χ3v) is 4.41. The topological polar surface area (TPSA) is 67.0 Å². The van der Waals surface area contributed by atoms with Crippen LogP contribution in [-0.4, -0.2) is 17.6 Å². The predicted octanol–water partition coefficient (Wildman–Crippen LogP) is 4.59. The molecule has 1 N–H and O–H groups in total. The van der Waals surface area contributed by atoms with Gasteiger partial charge in [-0.25, -0.2) is 0 Å². The molecule has 0 radical (unpaired) electrons. The van der Waals surface area contributed by atoms with Crippen molar-refractivity contribution in [2.24, 2.45) is 0 Å². The van der Waals surface area contributed by atoms with Gasteiger partial charge in [0.1, 0.15) is 17.4 Å². The highest BCUT2D eigenvalue weighted by Crippen LogP contribution is 2.19. The molecular formula is C23H21N3O2. The minimum atomic E-state index is -0.436. The molecule has 5 heteroatoms. The first kappa shape index (κ1) is 19.0. The Kier molecular flexibility index (Phi) is 5.93. The van der Waals surface area contributed by atoms with Gasteiger partial charge >= 0.3 is 0 Å². The fourth-order valence-electron chi connectivity index (χ4n) is 2.81. The number of aryl methyl sites for hydroxylation is 1. The Labute approximate surface area is 164 Å². The Bertz CT molecular complexity index is 1020. The van der Waals surface area contributed by atoms with E-state index in [-0.39, 0.29) is 5.57 Å². The molecule has 0 atom stereocenters. The van der Waals surface area contributed by atoms with Crippen molar-refractivity contribution in [3.05, 3.63) is 83.7 Å². The quantitative estimate of drug-likeness (QED) is 0.509. The SMILES string of the molecule is CCc1ccc(NC(=O)/C(C#N)=C\c2cccn2-c2ccc(OC)cc2)cc1. The van der Waals surface area contributed by atoms with E-state index < -0.39 is 5.91 Å². The van der Waals surface area contributed by atoms with Gasteiger partial charge in [-0.05, 0) is 66.6 Å². The first-order valence-corrected chi connectivity index (χ1v) is 8.98. The number of aromatic nitrogens is 1. The molecule has 140 valence electrons. The molecule has 2 aromatic carbocycles. The molecule has 3 aromatic rings. The Morgan fingerprint density at radius 2 is 1.86 bits per heavy atom. The molecule has 0 aliphatic carbocycles. The zero-order valence-electron chi connectivity index (χ0n) is 15.8. The Morgan fingerprint density at radius 3 is 2.46 bits per heavy atom. The summed E-state index contributed by atoms with van der Waals surface area (Å²) < 4.78 is 7.09. The van der Waals surface area contributed by atoms with E-state index in [0.29, 0.717) is 5.69 Å². The summed E-state index contributed by atoms with van der Waals surface area (Å²) >= 11 is 0. The molecule has 0 unspecified atom stereocenters. The maximum Gasteiger partial charge on any atom is 0.266 e. The van der Waals surface area contributed by atoms with Gasteiger partial charge in [-0.15, -0.1) is 0 Å². The van der Waals surface area contributed by atoms with Gasteiger partial charge in [0, 0.05) is 23.3 Å². The van der Waals surface area contributed by atoms with Crippen molar-refractivity contribution in [3.63, 3.8) is 0 Å². The average Bonchev–Trinajstić information content (AvgIpc) is 3.20. The van der Waals surface area contributed by atoms with E-state index in [2.05, 4.69) is 12.2 Å². The number of hydrogen-bond donors (Lipinski definition) is 1. The molecule has 0 spiro atoms. The van der Waals surface area contributed by atoms with Crippen LogP contribution in [0.5, 0.6) is 5.75 Å². The van der Waals surface area contributed by atoms with Crippen molar-refractivity contribution in [2.75, 3.05) is 12.4 Å².